The van der Waals surface area contributed by atoms with Gasteiger partial charge < -0.3 is 19.7 Å². The number of nitrogens with one attached hydrogen (secondary N) is 1. The molecule has 2 aromatic rings. The summed E-state index contributed by atoms with van der Waals surface area (Å²) < 4.78 is 10.4. The minimum atomic E-state index is -0.944. The van der Waals surface area contributed by atoms with Crippen molar-refractivity contribution >= 4 is 5.97 Å². The van der Waals surface area contributed by atoms with Crippen LogP contribution in [0, 0.1) is 0 Å². The predicted molar refractivity (Wildman–Crippen MR) is 67.1 cm³/mol. The van der Waals surface area contributed by atoms with Crippen LogP contribution >= 0.6 is 0 Å². The normalized spacial score (nSPS) is 10.3. The fourth-order valence-corrected chi connectivity index (χ4v) is 1.48. The molecule has 0 spiro atoms. The Kier molecular flexibility index (Phi) is 4.52. The molecule has 6 heteroatoms. The van der Waals surface area contributed by atoms with E-state index in [0.717, 1.165) is 5.76 Å². The van der Waals surface area contributed by atoms with E-state index in [1.807, 2.05) is 0 Å². The summed E-state index contributed by atoms with van der Waals surface area (Å²) in [7, 11) is 0. The smallest absolute Gasteiger partial charge is 0.335 e. The lowest BCUT2D eigenvalue weighted by molar-refractivity contribution is 0.0697. The van der Waals surface area contributed by atoms with Crippen molar-refractivity contribution in [2.75, 3.05) is 13.2 Å². The molecule has 0 aliphatic rings. The van der Waals surface area contributed by atoms with Gasteiger partial charge in [-0.25, -0.2) is 4.79 Å². The molecule has 0 saturated carbocycles. The van der Waals surface area contributed by atoms with Gasteiger partial charge in [-0.05, 0) is 24.3 Å². The Morgan fingerprint density at radius 1 is 1.32 bits per heavy atom. The van der Waals surface area contributed by atoms with Crippen LogP contribution < -0.4 is 10.1 Å². The summed E-state index contributed by atoms with van der Waals surface area (Å²) in [5, 5.41) is 15.5. The molecule has 1 heterocycles. The molecule has 1 aromatic carbocycles. The summed E-state index contributed by atoms with van der Waals surface area (Å²) in [6, 6.07) is 8.09. The zero-order chi connectivity index (χ0) is 13.5. The van der Waals surface area contributed by atoms with Gasteiger partial charge in [-0.3, -0.25) is 0 Å². The summed E-state index contributed by atoms with van der Waals surface area (Å²) in [5.74, 6) is 0.470. The Bertz CT molecular complexity index is 508. The van der Waals surface area contributed by atoms with Crippen molar-refractivity contribution in [1.29, 1.82) is 0 Å². The Morgan fingerprint density at radius 2 is 2.11 bits per heavy atom. The summed E-state index contributed by atoms with van der Waals surface area (Å²) in [6.07, 6.45) is 1.59. The molecule has 0 aliphatic heterocycles. The Morgan fingerprint density at radius 3 is 2.74 bits per heavy atom. The molecule has 0 fully saturated rings. The third-order valence-corrected chi connectivity index (χ3v) is 2.44. The van der Waals surface area contributed by atoms with Gasteiger partial charge in [0.25, 0.3) is 0 Å². The number of benzene rings is 1. The molecule has 19 heavy (non-hydrogen) atoms. The van der Waals surface area contributed by atoms with Gasteiger partial charge in [0.2, 0.25) is 0 Å². The minimum Gasteiger partial charge on any atom is -0.492 e. The highest BCUT2D eigenvalue weighted by Gasteiger charge is 2.02. The number of aromatic carboxylic acids is 1. The lowest BCUT2D eigenvalue weighted by Gasteiger charge is -2.06. The molecule has 0 saturated heterocycles. The van der Waals surface area contributed by atoms with E-state index in [4.69, 9.17) is 14.4 Å². The molecule has 0 radical (unpaired) electrons. The highest BCUT2D eigenvalue weighted by molar-refractivity contribution is 5.87. The summed E-state index contributed by atoms with van der Waals surface area (Å²) in [6.45, 7) is 1.74. The zero-order valence-corrected chi connectivity index (χ0v) is 10.2. The van der Waals surface area contributed by atoms with Gasteiger partial charge in [-0.1, -0.05) is 5.16 Å². The van der Waals surface area contributed by atoms with Crippen LogP contribution in [0.2, 0.25) is 0 Å². The zero-order valence-electron chi connectivity index (χ0n) is 10.2. The van der Waals surface area contributed by atoms with Crippen molar-refractivity contribution < 1.29 is 19.2 Å². The summed E-state index contributed by atoms with van der Waals surface area (Å²) in [5.41, 5.74) is 0.246. The Balaban J connectivity index is 1.66. The first-order chi connectivity index (χ1) is 9.25. The standard InChI is InChI=1S/C13H14N2O4/c16-13(17)10-1-3-11(4-2-10)18-8-7-14-9-12-5-6-15-19-12/h1-6,14H,7-9H2,(H,16,17). The van der Waals surface area contributed by atoms with E-state index in [2.05, 4.69) is 10.5 Å². The lowest BCUT2D eigenvalue weighted by atomic mass is 10.2. The Hall–Kier alpha value is -2.34. The number of hydrogen-bond acceptors (Lipinski definition) is 5. The topological polar surface area (TPSA) is 84.6 Å². The largest absolute Gasteiger partial charge is 0.492 e. The second kappa shape index (κ2) is 6.55. The van der Waals surface area contributed by atoms with Crippen LogP contribution in [0.15, 0.2) is 41.1 Å². The van der Waals surface area contributed by atoms with E-state index in [1.165, 1.54) is 12.1 Å². The second-order valence-electron chi connectivity index (χ2n) is 3.83. The van der Waals surface area contributed by atoms with Gasteiger partial charge in [0.15, 0.2) is 0 Å². The van der Waals surface area contributed by atoms with Crippen molar-refractivity contribution in [1.82, 2.24) is 10.5 Å². The first-order valence-electron chi connectivity index (χ1n) is 5.82. The number of hydrogen-bond donors (Lipinski definition) is 2. The molecule has 6 nitrogen and oxygen atoms in total. The molecular weight excluding hydrogens is 248 g/mol. The van der Waals surface area contributed by atoms with Gasteiger partial charge in [-0.15, -0.1) is 0 Å². The van der Waals surface area contributed by atoms with Crippen LogP contribution in [-0.2, 0) is 6.54 Å². The van der Waals surface area contributed by atoms with Crippen LogP contribution in [0.3, 0.4) is 0 Å². The van der Waals surface area contributed by atoms with Gasteiger partial charge in [0.1, 0.15) is 18.1 Å². The molecule has 2 rings (SSSR count). The molecule has 1 aromatic heterocycles. The van der Waals surface area contributed by atoms with Crippen LogP contribution in [0.5, 0.6) is 5.75 Å². The van der Waals surface area contributed by atoms with Gasteiger partial charge in [0, 0.05) is 12.6 Å². The van der Waals surface area contributed by atoms with Gasteiger partial charge >= 0.3 is 5.97 Å². The molecule has 0 aliphatic carbocycles. The van der Waals surface area contributed by atoms with Crippen LogP contribution in [-0.4, -0.2) is 29.4 Å². The first-order valence-corrected chi connectivity index (χ1v) is 5.82. The molecule has 2 N–H and O–H groups in total. The fourth-order valence-electron chi connectivity index (χ4n) is 1.48. The Labute approximate surface area is 110 Å². The molecule has 100 valence electrons. The third kappa shape index (κ3) is 4.11. The summed E-state index contributed by atoms with van der Waals surface area (Å²) >= 11 is 0. The molecule has 0 amide bonds. The van der Waals surface area contributed by atoms with Crippen molar-refractivity contribution in [3.8, 4) is 5.75 Å². The molecule has 0 bridgehead atoms. The van der Waals surface area contributed by atoms with Crippen molar-refractivity contribution in [2.24, 2.45) is 0 Å². The summed E-state index contributed by atoms with van der Waals surface area (Å²) in [4.78, 5) is 10.7. The second-order valence-corrected chi connectivity index (χ2v) is 3.83. The van der Waals surface area contributed by atoms with Crippen LogP contribution in [0.4, 0.5) is 0 Å². The number of nitrogens with zero attached hydrogens (tertiary/aromatic N) is 1. The monoisotopic (exact) mass is 262 g/mol. The number of aromatic nitrogens is 1. The quantitative estimate of drug-likeness (QED) is 0.736. The lowest BCUT2D eigenvalue weighted by Crippen LogP contribution is -2.20. The number of ether oxygens (including phenoxy) is 1. The SMILES string of the molecule is O=C(O)c1ccc(OCCNCc2ccno2)cc1. The molecule has 0 atom stereocenters. The molecule has 0 unspecified atom stereocenters. The van der Waals surface area contributed by atoms with Crippen LogP contribution in [0.1, 0.15) is 16.1 Å². The van der Waals surface area contributed by atoms with Crippen molar-refractivity contribution in [2.45, 2.75) is 6.54 Å². The van der Waals surface area contributed by atoms with E-state index in [1.54, 1.807) is 24.4 Å². The highest BCUT2D eigenvalue weighted by atomic mass is 16.5. The van der Waals surface area contributed by atoms with E-state index in [-0.39, 0.29) is 5.56 Å². The maximum absolute atomic E-state index is 10.7. The van der Waals surface area contributed by atoms with Gasteiger partial charge in [-0.2, -0.15) is 0 Å². The average molecular weight is 262 g/mol. The van der Waals surface area contributed by atoms with E-state index >= 15 is 0 Å². The third-order valence-electron chi connectivity index (χ3n) is 2.44. The van der Waals surface area contributed by atoms with E-state index in [0.29, 0.717) is 25.4 Å². The minimum absolute atomic E-state index is 0.246. The average Bonchev–Trinajstić information content (AvgIpc) is 2.92. The molecular formula is C13H14N2O4. The van der Waals surface area contributed by atoms with E-state index in [9.17, 15) is 4.79 Å². The van der Waals surface area contributed by atoms with Gasteiger partial charge in [0.05, 0.1) is 18.3 Å². The number of carboxylic acid groups (broad SMARTS) is 1. The van der Waals surface area contributed by atoms with Crippen molar-refractivity contribution in [3.05, 3.63) is 47.9 Å². The maximum atomic E-state index is 10.7. The van der Waals surface area contributed by atoms with Crippen molar-refractivity contribution in [3.63, 3.8) is 0 Å². The fraction of sp³-hybridized carbons (Fsp3) is 0.231. The number of carboxylic acids is 1. The first kappa shape index (κ1) is 13.1. The maximum Gasteiger partial charge on any atom is 0.335 e. The predicted octanol–water partition coefficient (Wildman–Crippen LogP) is 1.54. The highest BCUT2D eigenvalue weighted by Crippen LogP contribution is 2.11. The van der Waals surface area contributed by atoms with E-state index < -0.39 is 5.97 Å². The van der Waals surface area contributed by atoms with Crippen LogP contribution in [0.25, 0.3) is 0 Å². The number of carbonyl (C=O) groups is 1. The number of rotatable bonds is 7.